The van der Waals surface area contributed by atoms with E-state index in [1.165, 1.54) is 0 Å². The average molecular weight is 371 g/mol. The van der Waals surface area contributed by atoms with Gasteiger partial charge in [-0.15, -0.1) is 0 Å². The second kappa shape index (κ2) is 8.98. The monoisotopic (exact) mass is 370 g/mol. The summed E-state index contributed by atoms with van der Waals surface area (Å²) in [4.78, 5) is 0. The first kappa shape index (κ1) is 23.3. The van der Waals surface area contributed by atoms with Gasteiger partial charge in [-0.3, -0.25) is 0 Å². The summed E-state index contributed by atoms with van der Waals surface area (Å²) in [5, 5.41) is 30.9. The Kier molecular flexibility index (Phi) is 8.05. The van der Waals surface area contributed by atoms with Crippen molar-refractivity contribution in [3.63, 3.8) is 0 Å². The Morgan fingerprint density at radius 3 is 1.88 bits per heavy atom. The van der Waals surface area contributed by atoms with E-state index in [-0.39, 0.29) is 29.8 Å². The largest absolute Gasteiger partial charge is 0.379 e. The Morgan fingerprint density at radius 2 is 1.46 bits per heavy atom. The summed E-state index contributed by atoms with van der Waals surface area (Å²) in [5.74, 6) is 0. The number of aliphatic hydroxyl groups excluding tert-OH is 1. The average Bonchev–Trinajstić information content (AvgIpc) is 2.57. The number of hydrogen-bond donors (Lipinski definition) is 3. The van der Waals surface area contributed by atoms with Gasteiger partial charge >= 0.3 is 0 Å². The number of hydrogen-bond acceptors (Lipinski definition) is 5. The first-order chi connectivity index (χ1) is 11.9. The van der Waals surface area contributed by atoms with Crippen LogP contribution in [0.1, 0.15) is 61.3 Å². The topological polar surface area (TPSA) is 79.2 Å². The highest BCUT2D eigenvalue weighted by atomic mass is 16.5. The van der Waals surface area contributed by atoms with Gasteiger partial charge in [-0.25, -0.2) is 0 Å². The van der Waals surface area contributed by atoms with Crippen LogP contribution in [0.15, 0.2) is 23.8 Å². The molecule has 0 saturated heterocycles. The van der Waals surface area contributed by atoms with E-state index in [9.17, 15) is 15.3 Å². The minimum absolute atomic E-state index is 0.0194. The second-order valence-electron chi connectivity index (χ2n) is 8.58. The van der Waals surface area contributed by atoms with Gasteiger partial charge < -0.3 is 24.8 Å². The molecule has 0 radical (unpaired) electrons. The van der Waals surface area contributed by atoms with Crippen LogP contribution >= 0.6 is 0 Å². The molecule has 4 unspecified atom stereocenters. The van der Waals surface area contributed by atoms with Crippen molar-refractivity contribution >= 4 is 0 Å². The fourth-order valence-corrected chi connectivity index (χ4v) is 2.82. The Morgan fingerprint density at radius 1 is 0.962 bits per heavy atom. The summed E-state index contributed by atoms with van der Waals surface area (Å²) in [5.41, 5.74) is -2.19. The minimum atomic E-state index is -1.77. The zero-order chi connectivity index (χ0) is 20.2. The van der Waals surface area contributed by atoms with E-state index in [0.29, 0.717) is 6.61 Å². The highest BCUT2D eigenvalue weighted by Gasteiger charge is 2.46. The molecule has 0 fully saturated rings. The Bertz CT molecular complexity index is 505. The van der Waals surface area contributed by atoms with Gasteiger partial charge in [0.1, 0.15) is 5.60 Å². The third-order valence-corrected chi connectivity index (χ3v) is 5.59. The molecule has 0 aromatic carbocycles. The van der Waals surface area contributed by atoms with Crippen LogP contribution in [-0.4, -0.2) is 52.6 Å². The third kappa shape index (κ3) is 5.40. The van der Waals surface area contributed by atoms with Gasteiger partial charge in [-0.2, -0.15) is 0 Å². The van der Waals surface area contributed by atoms with Crippen molar-refractivity contribution in [1.82, 2.24) is 0 Å². The highest BCUT2D eigenvalue weighted by molar-refractivity contribution is 5.38. The van der Waals surface area contributed by atoms with Crippen LogP contribution in [0.25, 0.3) is 0 Å². The van der Waals surface area contributed by atoms with Gasteiger partial charge in [0.05, 0.1) is 25.4 Å². The molecule has 0 saturated carbocycles. The fourth-order valence-electron chi connectivity index (χ4n) is 2.82. The Balaban J connectivity index is 3.22. The SMILES string of the molecule is CCC(C)OCC1(O)C=CC(COC(C)CC)(C(C)(C)C)C=C1C(O)O. The van der Waals surface area contributed by atoms with E-state index in [2.05, 4.69) is 27.7 Å². The minimum Gasteiger partial charge on any atom is -0.379 e. The van der Waals surface area contributed by atoms with E-state index in [1.54, 1.807) is 12.2 Å². The van der Waals surface area contributed by atoms with E-state index in [0.717, 1.165) is 12.8 Å². The van der Waals surface area contributed by atoms with Crippen molar-refractivity contribution in [3.05, 3.63) is 23.8 Å². The molecule has 1 aliphatic rings. The van der Waals surface area contributed by atoms with Crippen molar-refractivity contribution < 1.29 is 24.8 Å². The maximum atomic E-state index is 11.0. The quantitative estimate of drug-likeness (QED) is 0.429. The van der Waals surface area contributed by atoms with Crippen LogP contribution in [0.4, 0.5) is 0 Å². The molecule has 0 heterocycles. The molecule has 3 N–H and O–H groups in total. The van der Waals surface area contributed by atoms with Crippen LogP contribution in [0, 0.1) is 10.8 Å². The molecule has 152 valence electrons. The van der Waals surface area contributed by atoms with Crippen molar-refractivity contribution in [2.45, 2.75) is 85.4 Å². The van der Waals surface area contributed by atoms with E-state index in [1.807, 2.05) is 26.8 Å². The summed E-state index contributed by atoms with van der Waals surface area (Å²) in [6.07, 6.45) is 5.36. The molecule has 0 amide bonds. The van der Waals surface area contributed by atoms with Crippen molar-refractivity contribution in [1.29, 1.82) is 0 Å². The second-order valence-corrected chi connectivity index (χ2v) is 8.58. The number of ether oxygens (including phenoxy) is 2. The van der Waals surface area contributed by atoms with Crippen LogP contribution in [0.5, 0.6) is 0 Å². The van der Waals surface area contributed by atoms with Crippen molar-refractivity contribution in [3.8, 4) is 0 Å². The van der Waals surface area contributed by atoms with Gasteiger partial charge in [0.15, 0.2) is 6.29 Å². The molecular formula is C21H38O5. The number of aliphatic hydroxyl groups is 3. The molecule has 0 aliphatic heterocycles. The molecule has 5 heteroatoms. The standard InChI is InChI=1S/C21H38O5/c1-8-15(3)25-13-20(19(5,6)7)10-11-21(24,14-26-16(4)9-2)17(12-20)18(22)23/h10-12,15-16,18,22-24H,8-9,13-14H2,1-7H3. The first-order valence-electron chi connectivity index (χ1n) is 9.66. The van der Waals surface area contributed by atoms with Gasteiger partial charge in [-0.1, -0.05) is 46.8 Å². The smallest absolute Gasteiger partial charge is 0.177 e. The van der Waals surface area contributed by atoms with E-state index < -0.39 is 17.3 Å². The van der Waals surface area contributed by atoms with Gasteiger partial charge in [0.25, 0.3) is 0 Å². The van der Waals surface area contributed by atoms with Gasteiger partial charge in [-0.05, 0) is 38.2 Å². The lowest BCUT2D eigenvalue weighted by molar-refractivity contribution is -0.0761. The molecule has 26 heavy (non-hydrogen) atoms. The summed E-state index contributed by atoms with van der Waals surface area (Å²) < 4.78 is 11.7. The molecule has 1 rings (SSSR count). The summed E-state index contributed by atoms with van der Waals surface area (Å²) in [6, 6.07) is 0. The van der Waals surface area contributed by atoms with Crippen molar-refractivity contribution in [2.75, 3.05) is 13.2 Å². The molecule has 0 aromatic heterocycles. The molecule has 0 aromatic rings. The first-order valence-corrected chi connectivity index (χ1v) is 9.66. The Hall–Kier alpha value is -0.720. The predicted octanol–water partition coefficient (Wildman–Crippen LogP) is 3.19. The number of rotatable bonds is 9. The highest BCUT2D eigenvalue weighted by Crippen LogP contribution is 2.47. The maximum Gasteiger partial charge on any atom is 0.177 e. The summed E-state index contributed by atoms with van der Waals surface area (Å²) in [6.45, 7) is 14.6. The van der Waals surface area contributed by atoms with Crippen LogP contribution in [0.3, 0.4) is 0 Å². The molecule has 0 bridgehead atoms. The molecule has 4 atom stereocenters. The van der Waals surface area contributed by atoms with Gasteiger partial charge in [0.2, 0.25) is 0 Å². The van der Waals surface area contributed by atoms with Gasteiger partial charge in [0, 0.05) is 11.0 Å². The molecular weight excluding hydrogens is 332 g/mol. The summed E-state index contributed by atoms with van der Waals surface area (Å²) in [7, 11) is 0. The van der Waals surface area contributed by atoms with E-state index >= 15 is 0 Å². The van der Waals surface area contributed by atoms with Crippen LogP contribution in [-0.2, 0) is 9.47 Å². The van der Waals surface area contributed by atoms with Crippen LogP contribution in [0.2, 0.25) is 0 Å². The molecule has 1 aliphatic carbocycles. The fraction of sp³-hybridized carbons (Fsp3) is 0.810. The lowest BCUT2D eigenvalue weighted by atomic mass is 9.62. The third-order valence-electron chi connectivity index (χ3n) is 5.59. The lowest BCUT2D eigenvalue weighted by Gasteiger charge is -2.46. The maximum absolute atomic E-state index is 11.0. The van der Waals surface area contributed by atoms with Crippen LogP contribution < -0.4 is 0 Å². The van der Waals surface area contributed by atoms with Crippen molar-refractivity contribution in [2.24, 2.45) is 10.8 Å². The zero-order valence-electron chi connectivity index (χ0n) is 17.5. The predicted molar refractivity (Wildman–Crippen MR) is 104 cm³/mol. The normalized spacial score (nSPS) is 29.0. The molecule has 0 spiro atoms. The summed E-state index contributed by atoms with van der Waals surface area (Å²) >= 11 is 0. The lowest BCUT2D eigenvalue weighted by Crippen LogP contribution is -2.48. The Labute approximate surface area is 158 Å². The molecule has 5 nitrogen and oxygen atoms in total. The zero-order valence-corrected chi connectivity index (χ0v) is 17.5. The van der Waals surface area contributed by atoms with E-state index in [4.69, 9.17) is 9.47 Å².